The van der Waals surface area contributed by atoms with E-state index in [9.17, 15) is 0 Å². The molecule has 0 fully saturated rings. The van der Waals surface area contributed by atoms with E-state index in [4.69, 9.17) is 19.9 Å². The Morgan fingerprint density at radius 1 is 0.274 bits per heavy atom. The Morgan fingerprint density at radius 3 is 1.37 bits per heavy atom. The third kappa shape index (κ3) is 5.40. The van der Waals surface area contributed by atoms with Crippen molar-refractivity contribution < 1.29 is 0 Å². The molecule has 0 radical (unpaired) electrons. The van der Waals surface area contributed by atoms with Crippen LogP contribution in [-0.4, -0.2) is 19.9 Å². The molecule has 0 aliphatic heterocycles. The molecule has 4 heteroatoms. The summed E-state index contributed by atoms with van der Waals surface area (Å²) < 4.78 is 0. The van der Waals surface area contributed by atoms with E-state index in [2.05, 4.69) is 194 Å². The summed E-state index contributed by atoms with van der Waals surface area (Å²) in [5.74, 6) is 0. The van der Waals surface area contributed by atoms with Gasteiger partial charge in [0.15, 0.2) is 0 Å². The Labute approximate surface area is 356 Å². The van der Waals surface area contributed by atoms with Crippen LogP contribution in [-0.2, 0) is 0 Å². The molecule has 0 amide bonds. The van der Waals surface area contributed by atoms with Crippen LogP contribution in [0.4, 0.5) is 0 Å². The first-order valence-corrected chi connectivity index (χ1v) is 21.0. The van der Waals surface area contributed by atoms with Crippen LogP contribution < -0.4 is 0 Å². The molecule has 13 aromatic rings. The van der Waals surface area contributed by atoms with Crippen molar-refractivity contribution in [3.63, 3.8) is 0 Å². The SMILES string of the molecule is c1ccc2c(c1)cc(-c1ccc3ccc(-c4ccc5ccc(-c6c7ccccc7c(-c7ccc8ccc9cccnc9c8n7)c7ccccc67)nc5c4)cc3n1)c1ccccc12. The van der Waals surface area contributed by atoms with Crippen molar-refractivity contribution in [3.05, 3.63) is 206 Å². The number of benzene rings is 9. The first kappa shape index (κ1) is 34.5. The number of hydrogen-bond acceptors (Lipinski definition) is 4. The Morgan fingerprint density at radius 2 is 0.726 bits per heavy atom. The summed E-state index contributed by atoms with van der Waals surface area (Å²) in [5.41, 5.74) is 12.1. The summed E-state index contributed by atoms with van der Waals surface area (Å²) in [7, 11) is 0. The van der Waals surface area contributed by atoms with Gasteiger partial charge in [0.2, 0.25) is 0 Å². The zero-order valence-corrected chi connectivity index (χ0v) is 33.4. The van der Waals surface area contributed by atoms with Gasteiger partial charge in [-0.25, -0.2) is 15.0 Å². The number of nitrogens with zero attached hydrogens (tertiary/aromatic N) is 4. The summed E-state index contributed by atoms with van der Waals surface area (Å²) in [6, 6.07) is 71.4. The van der Waals surface area contributed by atoms with Crippen LogP contribution in [0.3, 0.4) is 0 Å². The molecular weight excluding hydrogens is 753 g/mol. The second-order valence-corrected chi connectivity index (χ2v) is 16.1. The molecule has 0 bridgehead atoms. The average Bonchev–Trinajstić information content (AvgIpc) is 3.34. The Kier molecular flexibility index (Phi) is 7.57. The van der Waals surface area contributed by atoms with E-state index in [-0.39, 0.29) is 0 Å². The summed E-state index contributed by atoms with van der Waals surface area (Å²) in [5, 5.41) is 13.8. The van der Waals surface area contributed by atoms with Crippen LogP contribution in [0.15, 0.2) is 206 Å². The van der Waals surface area contributed by atoms with Gasteiger partial charge < -0.3 is 0 Å². The molecule has 286 valence electrons. The minimum absolute atomic E-state index is 0.908. The van der Waals surface area contributed by atoms with E-state index >= 15 is 0 Å². The molecule has 0 unspecified atom stereocenters. The van der Waals surface area contributed by atoms with Gasteiger partial charge in [0.1, 0.15) is 0 Å². The molecule has 4 heterocycles. The Hall–Kier alpha value is -8.34. The number of hydrogen-bond donors (Lipinski definition) is 0. The molecule has 4 nitrogen and oxygen atoms in total. The van der Waals surface area contributed by atoms with E-state index < -0.39 is 0 Å². The van der Waals surface area contributed by atoms with Gasteiger partial charge in [-0.2, -0.15) is 0 Å². The molecule has 0 atom stereocenters. The van der Waals surface area contributed by atoms with Gasteiger partial charge in [-0.05, 0) is 96.7 Å². The summed E-state index contributed by atoms with van der Waals surface area (Å²) in [6.07, 6.45) is 1.85. The van der Waals surface area contributed by atoms with Crippen molar-refractivity contribution in [2.75, 3.05) is 0 Å². The van der Waals surface area contributed by atoms with Crippen molar-refractivity contribution in [2.45, 2.75) is 0 Å². The largest absolute Gasteiger partial charge is 0.254 e. The number of fused-ring (bicyclic) bond motifs is 10. The average molecular weight is 787 g/mol. The predicted molar refractivity (Wildman–Crippen MR) is 259 cm³/mol. The molecule has 0 aliphatic carbocycles. The fraction of sp³-hybridized carbons (Fsp3) is 0. The van der Waals surface area contributed by atoms with Crippen LogP contribution in [0.1, 0.15) is 0 Å². The maximum absolute atomic E-state index is 5.44. The lowest BCUT2D eigenvalue weighted by molar-refractivity contribution is 1.38. The maximum atomic E-state index is 5.44. The number of pyridine rings is 4. The lowest BCUT2D eigenvalue weighted by Crippen LogP contribution is -1.95. The van der Waals surface area contributed by atoms with Crippen LogP contribution in [0.25, 0.3) is 132 Å². The molecular formula is C58H34N4. The lowest BCUT2D eigenvalue weighted by Gasteiger charge is -2.17. The summed E-state index contributed by atoms with van der Waals surface area (Å²) in [4.78, 5) is 20.8. The third-order valence-corrected chi connectivity index (χ3v) is 12.6. The summed E-state index contributed by atoms with van der Waals surface area (Å²) >= 11 is 0. The molecule has 13 rings (SSSR count). The Bertz CT molecular complexity index is 3940. The second-order valence-electron chi connectivity index (χ2n) is 16.1. The van der Waals surface area contributed by atoms with E-state index in [0.717, 1.165) is 110 Å². The highest BCUT2D eigenvalue weighted by Crippen LogP contribution is 2.44. The van der Waals surface area contributed by atoms with Crippen molar-refractivity contribution in [1.29, 1.82) is 0 Å². The van der Waals surface area contributed by atoms with Crippen LogP contribution in [0.2, 0.25) is 0 Å². The highest BCUT2D eigenvalue weighted by molar-refractivity contribution is 6.21. The molecule has 0 spiro atoms. The highest BCUT2D eigenvalue weighted by Gasteiger charge is 2.19. The first-order chi connectivity index (χ1) is 30.7. The van der Waals surface area contributed by atoms with Crippen LogP contribution >= 0.6 is 0 Å². The van der Waals surface area contributed by atoms with E-state index in [0.29, 0.717) is 0 Å². The number of rotatable bonds is 4. The van der Waals surface area contributed by atoms with Gasteiger partial charge in [-0.3, -0.25) is 4.98 Å². The van der Waals surface area contributed by atoms with Gasteiger partial charge in [0.05, 0.1) is 39.1 Å². The quantitative estimate of drug-likeness (QED) is 0.132. The first-order valence-electron chi connectivity index (χ1n) is 21.0. The normalized spacial score (nSPS) is 11.9. The lowest BCUT2D eigenvalue weighted by atomic mass is 9.88. The zero-order valence-electron chi connectivity index (χ0n) is 33.4. The third-order valence-electron chi connectivity index (χ3n) is 12.6. The minimum Gasteiger partial charge on any atom is -0.254 e. The molecule has 62 heavy (non-hydrogen) atoms. The molecule has 4 aromatic heterocycles. The van der Waals surface area contributed by atoms with Crippen molar-refractivity contribution in [1.82, 2.24) is 19.9 Å². The smallest absolute Gasteiger partial charge is 0.0972 e. The van der Waals surface area contributed by atoms with Gasteiger partial charge in [-0.1, -0.05) is 158 Å². The fourth-order valence-electron chi connectivity index (χ4n) is 9.69. The maximum Gasteiger partial charge on any atom is 0.0972 e. The predicted octanol–water partition coefficient (Wildman–Crippen LogP) is 15.2. The van der Waals surface area contributed by atoms with Crippen molar-refractivity contribution >= 4 is 86.7 Å². The van der Waals surface area contributed by atoms with E-state index in [1.165, 1.54) is 21.5 Å². The highest BCUT2D eigenvalue weighted by atomic mass is 14.8. The second kappa shape index (κ2) is 13.6. The molecule has 0 N–H and O–H groups in total. The molecule has 0 saturated heterocycles. The van der Waals surface area contributed by atoms with Crippen molar-refractivity contribution in [3.8, 4) is 44.9 Å². The number of aromatic nitrogens is 4. The van der Waals surface area contributed by atoms with Gasteiger partial charge in [0, 0.05) is 44.4 Å². The zero-order chi connectivity index (χ0) is 40.7. The van der Waals surface area contributed by atoms with Gasteiger partial charge in [0.25, 0.3) is 0 Å². The van der Waals surface area contributed by atoms with Crippen LogP contribution in [0, 0.1) is 0 Å². The molecule has 0 aliphatic rings. The van der Waals surface area contributed by atoms with Gasteiger partial charge in [-0.15, -0.1) is 0 Å². The summed E-state index contributed by atoms with van der Waals surface area (Å²) in [6.45, 7) is 0. The Balaban J connectivity index is 0.942. The molecule has 0 saturated carbocycles. The fourth-order valence-corrected chi connectivity index (χ4v) is 9.69. The molecule has 9 aromatic carbocycles. The monoisotopic (exact) mass is 786 g/mol. The minimum atomic E-state index is 0.908. The van der Waals surface area contributed by atoms with E-state index in [1.54, 1.807) is 0 Å². The van der Waals surface area contributed by atoms with Gasteiger partial charge >= 0.3 is 0 Å². The van der Waals surface area contributed by atoms with E-state index in [1.807, 2.05) is 12.3 Å². The standard InChI is InChI=1S/C58H34N4/c1-2-12-42-41(10-1)32-49(44-14-4-3-13-43(42)44)50-28-25-35-19-23-39(33-53(35)60-50)40-24-20-36-26-29-51(61-54(36)34-40)55-45-15-5-7-17-47(45)56(48-18-8-6-16-46(48)55)52-30-27-38-22-21-37-11-9-31-59-57(37)58(38)62-52/h1-34H. The topological polar surface area (TPSA) is 51.6 Å². The van der Waals surface area contributed by atoms with Crippen molar-refractivity contribution in [2.24, 2.45) is 0 Å². The van der Waals surface area contributed by atoms with Crippen LogP contribution in [0.5, 0.6) is 0 Å².